The highest BCUT2D eigenvalue weighted by Gasteiger charge is 2.18. The van der Waals surface area contributed by atoms with Gasteiger partial charge in [-0.25, -0.2) is 4.39 Å². The second-order valence-corrected chi connectivity index (χ2v) is 5.66. The van der Waals surface area contributed by atoms with Crippen molar-refractivity contribution in [1.29, 1.82) is 5.26 Å². The van der Waals surface area contributed by atoms with Crippen molar-refractivity contribution in [2.24, 2.45) is 11.8 Å². The number of halogens is 1. The van der Waals surface area contributed by atoms with Crippen molar-refractivity contribution in [2.45, 2.75) is 39.2 Å². The van der Waals surface area contributed by atoms with Gasteiger partial charge in [0.2, 0.25) is 0 Å². The van der Waals surface area contributed by atoms with Crippen LogP contribution in [-0.4, -0.2) is 6.54 Å². The van der Waals surface area contributed by atoms with Gasteiger partial charge in [-0.05, 0) is 37.3 Å². The Morgan fingerprint density at radius 2 is 2.26 bits per heavy atom. The van der Waals surface area contributed by atoms with E-state index in [0.29, 0.717) is 18.0 Å². The van der Waals surface area contributed by atoms with Gasteiger partial charge in [0.25, 0.3) is 0 Å². The average molecular weight is 260 g/mol. The fourth-order valence-corrected chi connectivity index (χ4v) is 2.96. The summed E-state index contributed by atoms with van der Waals surface area (Å²) in [6, 6.07) is 6.87. The first-order chi connectivity index (χ1) is 9.20. The maximum atomic E-state index is 13.8. The molecule has 2 rings (SSSR count). The van der Waals surface area contributed by atoms with Crippen LogP contribution < -0.4 is 5.32 Å². The highest BCUT2D eigenvalue weighted by molar-refractivity contribution is 5.34. The van der Waals surface area contributed by atoms with E-state index < -0.39 is 0 Å². The van der Waals surface area contributed by atoms with Crippen LogP contribution in [0.15, 0.2) is 18.2 Å². The van der Waals surface area contributed by atoms with Crippen molar-refractivity contribution in [3.05, 3.63) is 35.1 Å². The molecule has 1 aliphatic rings. The highest BCUT2D eigenvalue weighted by Crippen LogP contribution is 2.28. The molecule has 1 aliphatic carbocycles. The molecule has 102 valence electrons. The minimum Gasteiger partial charge on any atom is -0.312 e. The third-order valence-electron chi connectivity index (χ3n) is 3.99. The summed E-state index contributed by atoms with van der Waals surface area (Å²) >= 11 is 0. The first-order valence-electron chi connectivity index (χ1n) is 7.09. The Labute approximate surface area is 114 Å². The summed E-state index contributed by atoms with van der Waals surface area (Å²) in [7, 11) is 0. The lowest BCUT2D eigenvalue weighted by atomic mass is 9.82. The molecule has 3 heteroatoms. The van der Waals surface area contributed by atoms with E-state index in [4.69, 9.17) is 5.26 Å². The van der Waals surface area contributed by atoms with E-state index in [1.165, 1.54) is 31.7 Å². The van der Waals surface area contributed by atoms with E-state index in [9.17, 15) is 4.39 Å². The van der Waals surface area contributed by atoms with Gasteiger partial charge in [0.05, 0.1) is 5.56 Å². The number of rotatable bonds is 4. The molecular formula is C16H21FN2. The molecule has 0 radical (unpaired) electrons. The van der Waals surface area contributed by atoms with Crippen LogP contribution in [0.4, 0.5) is 4.39 Å². The van der Waals surface area contributed by atoms with E-state index in [0.717, 1.165) is 12.5 Å². The maximum Gasteiger partial charge on any atom is 0.145 e. The van der Waals surface area contributed by atoms with Gasteiger partial charge in [-0.2, -0.15) is 5.26 Å². The summed E-state index contributed by atoms with van der Waals surface area (Å²) in [6.07, 6.45) is 5.20. The first-order valence-corrected chi connectivity index (χ1v) is 7.09. The lowest BCUT2D eigenvalue weighted by Crippen LogP contribution is -2.26. The SMILES string of the molecule is CC1CCCC(CNCc2cccc(C#N)c2F)C1. The Hall–Kier alpha value is -1.40. The third-order valence-corrected chi connectivity index (χ3v) is 3.99. The molecule has 0 bridgehead atoms. The van der Waals surface area contributed by atoms with Crippen LogP contribution in [0, 0.1) is 29.0 Å². The number of nitrogens with one attached hydrogen (secondary N) is 1. The van der Waals surface area contributed by atoms with Crippen molar-refractivity contribution in [1.82, 2.24) is 5.32 Å². The van der Waals surface area contributed by atoms with Crippen LogP contribution in [-0.2, 0) is 6.54 Å². The van der Waals surface area contributed by atoms with Gasteiger partial charge in [-0.1, -0.05) is 31.9 Å². The van der Waals surface area contributed by atoms with Gasteiger partial charge in [0.1, 0.15) is 11.9 Å². The predicted octanol–water partition coefficient (Wildman–Crippen LogP) is 3.61. The molecule has 1 aromatic carbocycles. The van der Waals surface area contributed by atoms with E-state index >= 15 is 0 Å². The van der Waals surface area contributed by atoms with Crippen molar-refractivity contribution >= 4 is 0 Å². The summed E-state index contributed by atoms with van der Waals surface area (Å²) in [5, 5.41) is 12.1. The lowest BCUT2D eigenvalue weighted by molar-refractivity contribution is 0.274. The summed E-state index contributed by atoms with van der Waals surface area (Å²) in [5.41, 5.74) is 0.716. The fraction of sp³-hybridized carbons (Fsp3) is 0.562. The maximum absolute atomic E-state index is 13.8. The van der Waals surface area contributed by atoms with Crippen molar-refractivity contribution in [3.8, 4) is 6.07 Å². The van der Waals surface area contributed by atoms with Crippen molar-refractivity contribution in [2.75, 3.05) is 6.54 Å². The van der Waals surface area contributed by atoms with Gasteiger partial charge in [-0.3, -0.25) is 0 Å². The molecule has 1 aromatic rings. The summed E-state index contributed by atoms with van der Waals surface area (Å²) < 4.78 is 13.8. The molecule has 1 saturated carbocycles. The Balaban J connectivity index is 1.84. The zero-order valence-electron chi connectivity index (χ0n) is 11.5. The van der Waals surface area contributed by atoms with Crippen LogP contribution in [0.2, 0.25) is 0 Å². The number of nitriles is 1. The van der Waals surface area contributed by atoms with Crippen LogP contribution in [0.3, 0.4) is 0 Å². The van der Waals surface area contributed by atoms with Gasteiger partial charge in [-0.15, -0.1) is 0 Å². The van der Waals surface area contributed by atoms with Gasteiger partial charge >= 0.3 is 0 Å². The number of hydrogen-bond donors (Lipinski definition) is 1. The third kappa shape index (κ3) is 3.78. The zero-order valence-corrected chi connectivity index (χ0v) is 11.5. The van der Waals surface area contributed by atoms with Gasteiger partial charge in [0, 0.05) is 12.1 Å². The second-order valence-electron chi connectivity index (χ2n) is 5.66. The molecular weight excluding hydrogens is 239 g/mol. The molecule has 0 heterocycles. The average Bonchev–Trinajstić information content (AvgIpc) is 2.41. The fourth-order valence-electron chi connectivity index (χ4n) is 2.96. The standard InChI is InChI=1S/C16H21FN2/c1-12-4-2-5-13(8-12)10-19-11-15-7-3-6-14(9-18)16(15)17/h3,6-7,12-13,19H,2,4-5,8,10-11H2,1H3. The van der Waals surface area contributed by atoms with E-state index in [2.05, 4.69) is 12.2 Å². The molecule has 2 unspecified atom stereocenters. The Morgan fingerprint density at radius 3 is 3.00 bits per heavy atom. The second kappa shape index (κ2) is 6.68. The summed E-state index contributed by atoms with van der Waals surface area (Å²) in [5.74, 6) is 1.15. The van der Waals surface area contributed by atoms with Gasteiger partial charge in [0.15, 0.2) is 0 Å². The minimum atomic E-state index is -0.380. The van der Waals surface area contributed by atoms with Gasteiger partial charge < -0.3 is 5.32 Å². The van der Waals surface area contributed by atoms with E-state index in [1.807, 2.05) is 6.07 Å². The number of nitrogens with zero attached hydrogens (tertiary/aromatic N) is 1. The monoisotopic (exact) mass is 260 g/mol. The quantitative estimate of drug-likeness (QED) is 0.897. The smallest absolute Gasteiger partial charge is 0.145 e. The Bertz CT molecular complexity index is 464. The predicted molar refractivity (Wildman–Crippen MR) is 73.9 cm³/mol. The summed E-state index contributed by atoms with van der Waals surface area (Å²) in [4.78, 5) is 0. The molecule has 0 spiro atoms. The number of benzene rings is 1. The number of hydrogen-bond acceptors (Lipinski definition) is 2. The van der Waals surface area contributed by atoms with E-state index in [1.54, 1.807) is 12.1 Å². The molecule has 1 N–H and O–H groups in total. The topological polar surface area (TPSA) is 35.8 Å². The van der Waals surface area contributed by atoms with E-state index in [-0.39, 0.29) is 11.4 Å². The molecule has 0 aliphatic heterocycles. The molecule has 2 atom stereocenters. The first kappa shape index (κ1) is 14.0. The molecule has 2 nitrogen and oxygen atoms in total. The summed E-state index contributed by atoms with van der Waals surface area (Å²) in [6.45, 7) is 3.76. The largest absolute Gasteiger partial charge is 0.312 e. The van der Waals surface area contributed by atoms with Crippen LogP contribution in [0.1, 0.15) is 43.7 Å². The van der Waals surface area contributed by atoms with Crippen molar-refractivity contribution < 1.29 is 4.39 Å². The van der Waals surface area contributed by atoms with Crippen molar-refractivity contribution in [3.63, 3.8) is 0 Å². The minimum absolute atomic E-state index is 0.130. The molecule has 0 aromatic heterocycles. The zero-order chi connectivity index (χ0) is 13.7. The molecule has 0 amide bonds. The van der Waals surface area contributed by atoms with Crippen LogP contribution in [0.5, 0.6) is 0 Å². The van der Waals surface area contributed by atoms with Crippen LogP contribution in [0.25, 0.3) is 0 Å². The molecule has 1 fully saturated rings. The van der Waals surface area contributed by atoms with Crippen LogP contribution >= 0.6 is 0 Å². The Morgan fingerprint density at radius 1 is 1.42 bits per heavy atom. The highest BCUT2D eigenvalue weighted by atomic mass is 19.1. The lowest BCUT2D eigenvalue weighted by Gasteiger charge is -2.26. The molecule has 19 heavy (non-hydrogen) atoms. The normalized spacial score (nSPS) is 23.0. The molecule has 0 saturated heterocycles. The Kier molecular flexibility index (Phi) is 4.93.